The van der Waals surface area contributed by atoms with E-state index in [0.29, 0.717) is 6.04 Å². The topological polar surface area (TPSA) is 12.0 Å². The summed E-state index contributed by atoms with van der Waals surface area (Å²) < 4.78 is 0. The molecule has 1 aromatic rings. The summed E-state index contributed by atoms with van der Waals surface area (Å²) in [5.74, 6) is 0.927. The summed E-state index contributed by atoms with van der Waals surface area (Å²) in [5, 5.41) is 3.67. The van der Waals surface area contributed by atoms with E-state index in [-0.39, 0.29) is 0 Å². The Bertz CT molecular complexity index is 288. The highest BCUT2D eigenvalue weighted by Gasteiger charge is 2.20. The van der Waals surface area contributed by atoms with Gasteiger partial charge in [-0.25, -0.2) is 0 Å². The van der Waals surface area contributed by atoms with Crippen molar-refractivity contribution in [2.45, 2.75) is 45.1 Å². The Morgan fingerprint density at radius 3 is 2.56 bits per heavy atom. The molecule has 1 aromatic carbocycles. The summed E-state index contributed by atoms with van der Waals surface area (Å²) >= 11 is 0. The van der Waals surface area contributed by atoms with Crippen molar-refractivity contribution in [3.8, 4) is 0 Å². The van der Waals surface area contributed by atoms with Crippen molar-refractivity contribution in [1.82, 2.24) is 5.32 Å². The Balaban J connectivity index is 1.67. The summed E-state index contributed by atoms with van der Waals surface area (Å²) in [6.07, 6.45) is 6.89. The molecule has 0 radical (unpaired) electrons. The molecule has 1 heteroatoms. The van der Waals surface area contributed by atoms with Crippen LogP contribution in [0.2, 0.25) is 0 Å². The first kappa shape index (κ1) is 11.7. The Labute approximate surface area is 99.3 Å². The lowest BCUT2D eigenvalue weighted by molar-refractivity contribution is 0.384. The van der Waals surface area contributed by atoms with Crippen LogP contribution in [-0.4, -0.2) is 12.6 Å². The van der Waals surface area contributed by atoms with Gasteiger partial charge < -0.3 is 5.32 Å². The molecular weight excluding hydrogens is 194 g/mol. The Kier molecular flexibility index (Phi) is 4.41. The lowest BCUT2D eigenvalue weighted by atomic mass is 9.99. The highest BCUT2D eigenvalue weighted by Crippen LogP contribution is 2.27. The first-order valence-electron chi connectivity index (χ1n) is 6.63. The van der Waals surface area contributed by atoms with Crippen LogP contribution in [0, 0.1) is 5.92 Å². The van der Waals surface area contributed by atoms with Gasteiger partial charge in [0, 0.05) is 6.04 Å². The van der Waals surface area contributed by atoms with Crippen LogP contribution in [0.15, 0.2) is 30.3 Å². The van der Waals surface area contributed by atoms with Crippen LogP contribution < -0.4 is 5.32 Å². The van der Waals surface area contributed by atoms with Gasteiger partial charge in [-0.05, 0) is 44.2 Å². The van der Waals surface area contributed by atoms with Gasteiger partial charge in [-0.1, -0.05) is 43.2 Å². The van der Waals surface area contributed by atoms with E-state index in [1.165, 1.54) is 31.2 Å². The first-order valence-corrected chi connectivity index (χ1v) is 6.63. The van der Waals surface area contributed by atoms with Gasteiger partial charge in [0.25, 0.3) is 0 Å². The normalized spacial score (nSPS) is 18.8. The standard InChI is InChI=1S/C15H23N/c1-13(15-9-5-6-10-15)16-12-11-14-7-3-2-4-8-14/h2-4,7-8,13,15-16H,5-6,9-12H2,1H3. The van der Waals surface area contributed by atoms with Crippen LogP contribution in [0.5, 0.6) is 0 Å². The minimum absolute atomic E-state index is 0.700. The highest BCUT2D eigenvalue weighted by molar-refractivity contribution is 5.14. The van der Waals surface area contributed by atoms with Gasteiger partial charge >= 0.3 is 0 Å². The third kappa shape index (κ3) is 3.34. The van der Waals surface area contributed by atoms with Crippen molar-refractivity contribution in [3.05, 3.63) is 35.9 Å². The molecule has 1 fully saturated rings. The largest absolute Gasteiger partial charge is 0.314 e. The summed E-state index contributed by atoms with van der Waals surface area (Å²) in [6.45, 7) is 3.46. The predicted molar refractivity (Wildman–Crippen MR) is 69.6 cm³/mol. The van der Waals surface area contributed by atoms with Crippen LogP contribution in [0.4, 0.5) is 0 Å². The smallest absolute Gasteiger partial charge is 0.00671 e. The molecule has 16 heavy (non-hydrogen) atoms. The Morgan fingerprint density at radius 1 is 1.19 bits per heavy atom. The SMILES string of the molecule is CC(NCCc1ccccc1)C1CCCC1. The molecule has 1 atom stereocenters. The molecule has 1 unspecified atom stereocenters. The molecule has 1 nitrogen and oxygen atoms in total. The van der Waals surface area contributed by atoms with Crippen molar-refractivity contribution < 1.29 is 0 Å². The minimum Gasteiger partial charge on any atom is -0.314 e. The van der Waals surface area contributed by atoms with Crippen molar-refractivity contribution in [1.29, 1.82) is 0 Å². The van der Waals surface area contributed by atoms with Crippen molar-refractivity contribution in [2.75, 3.05) is 6.54 Å². The average Bonchev–Trinajstić information content (AvgIpc) is 2.84. The van der Waals surface area contributed by atoms with Crippen molar-refractivity contribution in [3.63, 3.8) is 0 Å². The van der Waals surface area contributed by atoms with E-state index < -0.39 is 0 Å². The molecule has 0 aliphatic heterocycles. The molecule has 0 heterocycles. The van der Waals surface area contributed by atoms with E-state index in [1.54, 1.807) is 0 Å². The Morgan fingerprint density at radius 2 is 1.88 bits per heavy atom. The molecule has 1 saturated carbocycles. The molecule has 1 aliphatic carbocycles. The Hall–Kier alpha value is -0.820. The van der Waals surface area contributed by atoms with Gasteiger partial charge in [0.2, 0.25) is 0 Å². The van der Waals surface area contributed by atoms with Crippen LogP contribution in [-0.2, 0) is 6.42 Å². The number of benzene rings is 1. The molecule has 1 N–H and O–H groups in total. The summed E-state index contributed by atoms with van der Waals surface area (Å²) in [5.41, 5.74) is 1.44. The maximum atomic E-state index is 3.67. The van der Waals surface area contributed by atoms with Gasteiger partial charge in [-0.15, -0.1) is 0 Å². The molecule has 0 amide bonds. The van der Waals surface area contributed by atoms with E-state index >= 15 is 0 Å². The molecule has 2 rings (SSSR count). The monoisotopic (exact) mass is 217 g/mol. The number of nitrogens with one attached hydrogen (secondary N) is 1. The van der Waals surface area contributed by atoms with E-state index in [0.717, 1.165) is 18.9 Å². The number of hydrogen-bond acceptors (Lipinski definition) is 1. The fourth-order valence-corrected chi connectivity index (χ4v) is 2.71. The molecule has 0 aromatic heterocycles. The van der Waals surface area contributed by atoms with E-state index in [4.69, 9.17) is 0 Å². The van der Waals surface area contributed by atoms with Gasteiger partial charge in [0.1, 0.15) is 0 Å². The van der Waals surface area contributed by atoms with Gasteiger partial charge in [-0.3, -0.25) is 0 Å². The predicted octanol–water partition coefficient (Wildman–Crippen LogP) is 3.40. The lowest BCUT2D eigenvalue weighted by Crippen LogP contribution is -2.33. The van der Waals surface area contributed by atoms with E-state index in [1.807, 2.05) is 0 Å². The van der Waals surface area contributed by atoms with Crippen molar-refractivity contribution >= 4 is 0 Å². The second-order valence-corrected chi connectivity index (χ2v) is 5.02. The third-order valence-corrected chi connectivity index (χ3v) is 3.83. The summed E-state index contributed by atoms with van der Waals surface area (Å²) in [7, 11) is 0. The molecule has 1 aliphatic rings. The van der Waals surface area contributed by atoms with Crippen LogP contribution in [0.1, 0.15) is 38.2 Å². The summed E-state index contributed by atoms with van der Waals surface area (Å²) in [6, 6.07) is 11.4. The molecular formula is C15H23N. The van der Waals surface area contributed by atoms with Crippen LogP contribution in [0.3, 0.4) is 0 Å². The molecule has 88 valence electrons. The second-order valence-electron chi connectivity index (χ2n) is 5.02. The van der Waals surface area contributed by atoms with Crippen LogP contribution >= 0.6 is 0 Å². The number of rotatable bonds is 5. The quantitative estimate of drug-likeness (QED) is 0.797. The highest BCUT2D eigenvalue weighted by atomic mass is 14.9. The zero-order chi connectivity index (χ0) is 11.2. The van der Waals surface area contributed by atoms with Gasteiger partial charge in [0.05, 0.1) is 0 Å². The van der Waals surface area contributed by atoms with Gasteiger partial charge in [-0.2, -0.15) is 0 Å². The second kappa shape index (κ2) is 6.05. The maximum absolute atomic E-state index is 3.67. The fourth-order valence-electron chi connectivity index (χ4n) is 2.71. The molecule has 0 bridgehead atoms. The van der Waals surface area contributed by atoms with Crippen molar-refractivity contribution in [2.24, 2.45) is 5.92 Å². The van der Waals surface area contributed by atoms with E-state index in [9.17, 15) is 0 Å². The number of hydrogen-bond donors (Lipinski definition) is 1. The van der Waals surface area contributed by atoms with E-state index in [2.05, 4.69) is 42.6 Å². The first-order chi connectivity index (χ1) is 7.86. The third-order valence-electron chi connectivity index (χ3n) is 3.83. The zero-order valence-electron chi connectivity index (χ0n) is 10.3. The van der Waals surface area contributed by atoms with Crippen LogP contribution in [0.25, 0.3) is 0 Å². The van der Waals surface area contributed by atoms with Gasteiger partial charge in [0.15, 0.2) is 0 Å². The summed E-state index contributed by atoms with van der Waals surface area (Å²) in [4.78, 5) is 0. The maximum Gasteiger partial charge on any atom is 0.00671 e. The minimum atomic E-state index is 0.700. The lowest BCUT2D eigenvalue weighted by Gasteiger charge is -2.20. The molecule has 0 saturated heterocycles. The fraction of sp³-hybridized carbons (Fsp3) is 0.600. The molecule has 0 spiro atoms. The average molecular weight is 217 g/mol. The zero-order valence-corrected chi connectivity index (χ0v) is 10.3.